The first-order valence-corrected chi connectivity index (χ1v) is 11.6. The highest BCUT2D eigenvalue weighted by atomic mass is 16.6. The van der Waals surface area contributed by atoms with Crippen molar-refractivity contribution in [1.29, 1.82) is 0 Å². The van der Waals surface area contributed by atoms with Crippen LogP contribution in [0, 0.1) is 17.0 Å². The third-order valence-electron chi connectivity index (χ3n) is 6.48. The fraction of sp³-hybridized carbons (Fsp3) is 0.103. The Balaban J connectivity index is 1.95. The Morgan fingerprint density at radius 2 is 1.66 bits per heavy atom. The van der Waals surface area contributed by atoms with Gasteiger partial charge in [-0.25, -0.2) is 4.79 Å². The maximum absolute atomic E-state index is 13.3. The van der Waals surface area contributed by atoms with Crippen molar-refractivity contribution in [1.82, 2.24) is 4.57 Å². The number of ether oxygens (including phenoxy) is 1. The maximum Gasteiger partial charge on any atom is 0.348 e. The smallest absolute Gasteiger partial charge is 0.348 e. The number of carbonyl (C=O) groups is 1. The molecule has 38 heavy (non-hydrogen) atoms. The van der Waals surface area contributed by atoms with Crippen molar-refractivity contribution in [2.75, 3.05) is 7.11 Å². The van der Waals surface area contributed by atoms with Crippen molar-refractivity contribution < 1.29 is 24.0 Å². The number of rotatable bonds is 6. The number of nitro benzene ring substituents is 1. The van der Waals surface area contributed by atoms with Gasteiger partial charge in [-0.15, -0.1) is 0 Å². The predicted molar refractivity (Wildman–Crippen MR) is 142 cm³/mol. The molecule has 0 atom stereocenters. The summed E-state index contributed by atoms with van der Waals surface area (Å²) >= 11 is 0. The lowest BCUT2D eigenvalue weighted by Gasteiger charge is -2.15. The Morgan fingerprint density at radius 3 is 2.26 bits per heavy atom. The van der Waals surface area contributed by atoms with Gasteiger partial charge in [0.15, 0.2) is 5.78 Å². The van der Waals surface area contributed by atoms with Crippen molar-refractivity contribution in [3.63, 3.8) is 0 Å². The molecule has 2 aromatic heterocycles. The van der Waals surface area contributed by atoms with Gasteiger partial charge in [0, 0.05) is 34.6 Å². The lowest BCUT2D eigenvalue weighted by Crippen LogP contribution is -2.07. The molecule has 0 spiro atoms. The topological polar surface area (TPSA) is 125 Å². The second kappa shape index (κ2) is 9.36. The maximum atomic E-state index is 13.3. The van der Waals surface area contributed by atoms with Crippen LogP contribution in [0.2, 0.25) is 0 Å². The van der Waals surface area contributed by atoms with Gasteiger partial charge in [-0.05, 0) is 67.9 Å². The van der Waals surface area contributed by atoms with E-state index >= 15 is 0 Å². The molecule has 0 aliphatic rings. The number of fused-ring (bicyclic) bond motifs is 1. The molecule has 190 valence electrons. The van der Waals surface area contributed by atoms with Crippen LogP contribution in [-0.2, 0) is 0 Å². The number of nitrogens with zero attached hydrogens (tertiary/aromatic N) is 2. The monoisotopic (exact) mass is 510 g/mol. The molecule has 9 nitrogen and oxygen atoms in total. The van der Waals surface area contributed by atoms with Crippen molar-refractivity contribution in [3.8, 4) is 39.6 Å². The molecule has 0 aliphatic heterocycles. The van der Waals surface area contributed by atoms with Gasteiger partial charge >= 0.3 is 5.63 Å². The zero-order chi connectivity index (χ0) is 27.1. The summed E-state index contributed by atoms with van der Waals surface area (Å²) in [6.07, 6.45) is 0. The molecule has 0 amide bonds. The lowest BCUT2D eigenvalue weighted by molar-refractivity contribution is -0.384. The lowest BCUT2D eigenvalue weighted by atomic mass is 9.94. The van der Waals surface area contributed by atoms with Crippen molar-refractivity contribution in [2.45, 2.75) is 13.8 Å². The number of methoxy groups -OCH3 is 1. The number of carbonyl (C=O) groups excluding carboxylic acids is 1. The molecule has 5 rings (SSSR count). The standard InChI is InChI=1S/C29H22N2O7/c1-16-24(17(2)32)25(26-28(33)22-6-4-5-7-23(22)38-29(26)34)27(18-8-10-20(11-9-18)31(35)36)30(16)19-12-14-21(37-3)15-13-19/h4-15,33H,1-3H3. The molecule has 1 N–H and O–H groups in total. The van der Waals surface area contributed by atoms with E-state index < -0.39 is 10.5 Å². The summed E-state index contributed by atoms with van der Waals surface area (Å²) in [7, 11) is 1.55. The molecule has 0 fully saturated rings. The second-order valence-corrected chi connectivity index (χ2v) is 8.69. The summed E-state index contributed by atoms with van der Waals surface area (Å²) in [5.74, 6) is -0.0375. The molecule has 0 aliphatic carbocycles. The average Bonchev–Trinajstić information content (AvgIpc) is 3.21. The van der Waals surface area contributed by atoms with Crippen molar-refractivity contribution in [3.05, 3.63) is 105 Å². The van der Waals surface area contributed by atoms with Crippen LogP contribution in [0.1, 0.15) is 23.0 Å². The summed E-state index contributed by atoms with van der Waals surface area (Å²) in [6.45, 7) is 3.11. The molecular weight excluding hydrogens is 488 g/mol. The zero-order valence-electron chi connectivity index (χ0n) is 20.7. The van der Waals surface area contributed by atoms with E-state index in [0.717, 1.165) is 0 Å². The highest BCUT2D eigenvalue weighted by Gasteiger charge is 2.31. The first-order chi connectivity index (χ1) is 18.2. The predicted octanol–water partition coefficient (Wildman–Crippen LogP) is 6.05. The molecule has 3 aromatic carbocycles. The van der Waals surface area contributed by atoms with Gasteiger partial charge in [0.05, 0.1) is 23.1 Å². The van der Waals surface area contributed by atoms with E-state index in [1.165, 1.54) is 19.1 Å². The average molecular weight is 511 g/mol. The number of aromatic nitrogens is 1. The molecule has 0 unspecified atom stereocenters. The van der Waals surface area contributed by atoms with E-state index in [2.05, 4.69) is 0 Å². The number of benzene rings is 3. The van der Waals surface area contributed by atoms with Crippen LogP contribution in [0.4, 0.5) is 5.69 Å². The Hall–Kier alpha value is -5.18. The van der Waals surface area contributed by atoms with E-state index in [1.807, 2.05) is 0 Å². The van der Waals surface area contributed by atoms with Gasteiger partial charge in [0.1, 0.15) is 22.6 Å². The molecule has 2 heterocycles. The Kier molecular flexibility index (Phi) is 6.04. The third-order valence-corrected chi connectivity index (χ3v) is 6.48. The molecule has 9 heteroatoms. The van der Waals surface area contributed by atoms with Crippen LogP contribution >= 0.6 is 0 Å². The van der Waals surface area contributed by atoms with E-state index in [4.69, 9.17) is 9.15 Å². The molecular formula is C29H22N2O7. The van der Waals surface area contributed by atoms with Crippen molar-refractivity contribution >= 4 is 22.4 Å². The number of Topliss-reactive ketones (excluding diaryl/α,β-unsaturated/α-hetero) is 1. The summed E-state index contributed by atoms with van der Waals surface area (Å²) in [5.41, 5.74) is 1.53. The van der Waals surface area contributed by atoms with E-state index in [-0.39, 0.29) is 39.5 Å². The van der Waals surface area contributed by atoms with Gasteiger partial charge in [0.25, 0.3) is 5.69 Å². The first kappa shape index (κ1) is 24.5. The number of hydrogen-bond acceptors (Lipinski definition) is 7. The SMILES string of the molecule is COc1ccc(-n2c(C)c(C(C)=O)c(-c3c(O)c4ccccc4oc3=O)c2-c2ccc([N+](=O)[O-])cc2)cc1. The highest BCUT2D eigenvalue weighted by molar-refractivity contribution is 6.08. The number of non-ortho nitro benzene ring substituents is 1. The second-order valence-electron chi connectivity index (χ2n) is 8.69. The highest BCUT2D eigenvalue weighted by Crippen LogP contribution is 2.45. The minimum atomic E-state index is -0.821. The zero-order valence-corrected chi connectivity index (χ0v) is 20.7. The molecule has 0 radical (unpaired) electrons. The number of hydrogen-bond donors (Lipinski definition) is 1. The van der Waals surface area contributed by atoms with Crippen LogP contribution in [-0.4, -0.2) is 27.5 Å². The van der Waals surface area contributed by atoms with Gasteiger partial charge in [-0.2, -0.15) is 0 Å². The van der Waals surface area contributed by atoms with Gasteiger partial charge in [0.2, 0.25) is 0 Å². The largest absolute Gasteiger partial charge is 0.506 e. The minimum Gasteiger partial charge on any atom is -0.506 e. The Morgan fingerprint density at radius 1 is 1.00 bits per heavy atom. The van der Waals surface area contributed by atoms with Gasteiger partial charge < -0.3 is 18.8 Å². The summed E-state index contributed by atoms with van der Waals surface area (Å²) in [6, 6.07) is 19.4. The Bertz CT molecular complexity index is 1780. The van der Waals surface area contributed by atoms with Crippen LogP contribution < -0.4 is 10.4 Å². The number of nitro groups is 1. The quantitative estimate of drug-likeness (QED) is 0.128. The van der Waals surface area contributed by atoms with Crippen LogP contribution in [0.15, 0.2) is 82.0 Å². The van der Waals surface area contributed by atoms with Gasteiger partial charge in [-0.3, -0.25) is 14.9 Å². The van der Waals surface area contributed by atoms with Crippen LogP contribution in [0.25, 0.3) is 39.0 Å². The number of para-hydroxylation sites is 1. The normalized spacial score (nSPS) is 11.0. The summed E-state index contributed by atoms with van der Waals surface area (Å²) in [4.78, 5) is 37.2. The fourth-order valence-electron chi connectivity index (χ4n) is 4.79. The minimum absolute atomic E-state index is 0.116. The van der Waals surface area contributed by atoms with Crippen molar-refractivity contribution in [2.24, 2.45) is 0 Å². The molecule has 5 aromatic rings. The van der Waals surface area contributed by atoms with E-state index in [9.17, 15) is 24.8 Å². The van der Waals surface area contributed by atoms with Gasteiger partial charge in [-0.1, -0.05) is 12.1 Å². The fourth-order valence-corrected chi connectivity index (χ4v) is 4.79. The van der Waals surface area contributed by atoms with E-state index in [1.54, 1.807) is 79.3 Å². The first-order valence-electron chi connectivity index (χ1n) is 11.6. The molecule has 0 saturated heterocycles. The molecule has 0 bridgehead atoms. The number of ketones is 1. The number of aromatic hydroxyl groups is 1. The van der Waals surface area contributed by atoms with E-state index in [0.29, 0.717) is 33.8 Å². The van der Waals surface area contributed by atoms with Crippen LogP contribution in [0.5, 0.6) is 11.5 Å². The van der Waals surface area contributed by atoms with Crippen LogP contribution in [0.3, 0.4) is 0 Å². The third kappa shape index (κ3) is 3.90. The summed E-state index contributed by atoms with van der Waals surface area (Å²) in [5, 5.41) is 22.9. The Labute approximate surface area is 216 Å². The molecule has 0 saturated carbocycles. The summed E-state index contributed by atoms with van der Waals surface area (Å²) < 4.78 is 12.6.